The van der Waals surface area contributed by atoms with E-state index in [0.29, 0.717) is 17.9 Å². The van der Waals surface area contributed by atoms with Gasteiger partial charge in [-0.3, -0.25) is 14.5 Å². The highest BCUT2D eigenvalue weighted by molar-refractivity contribution is 6.50. The van der Waals surface area contributed by atoms with E-state index in [0.717, 1.165) is 25.2 Å². The van der Waals surface area contributed by atoms with Gasteiger partial charge >= 0.3 is 0 Å². The van der Waals surface area contributed by atoms with Crippen molar-refractivity contribution in [1.82, 2.24) is 4.90 Å². The van der Waals surface area contributed by atoms with Crippen LogP contribution in [0.2, 0.25) is 0 Å². The summed E-state index contributed by atoms with van der Waals surface area (Å²) >= 11 is 0. The van der Waals surface area contributed by atoms with Crippen LogP contribution in [0.3, 0.4) is 0 Å². The number of rotatable bonds is 4. The SMILES string of the molecule is O=C1C=Cc2cccc(OCCN3CCCC3)c2C1=O. The van der Waals surface area contributed by atoms with Crippen LogP contribution in [0.5, 0.6) is 5.75 Å². The van der Waals surface area contributed by atoms with Crippen molar-refractivity contribution in [2.75, 3.05) is 26.2 Å². The van der Waals surface area contributed by atoms with Crippen LogP contribution in [0.4, 0.5) is 0 Å². The summed E-state index contributed by atoms with van der Waals surface area (Å²) in [5, 5.41) is 0. The van der Waals surface area contributed by atoms with Crippen molar-refractivity contribution in [2.45, 2.75) is 12.8 Å². The fraction of sp³-hybridized carbons (Fsp3) is 0.375. The van der Waals surface area contributed by atoms with Gasteiger partial charge in [-0.15, -0.1) is 0 Å². The molecule has 0 N–H and O–H groups in total. The number of carbonyl (C=O) groups excluding carboxylic acids is 2. The molecule has 0 bridgehead atoms. The van der Waals surface area contributed by atoms with E-state index in [2.05, 4.69) is 4.90 Å². The Kier molecular flexibility index (Phi) is 3.65. The van der Waals surface area contributed by atoms with Crippen molar-refractivity contribution in [2.24, 2.45) is 0 Å². The molecule has 0 atom stereocenters. The topological polar surface area (TPSA) is 46.6 Å². The summed E-state index contributed by atoms with van der Waals surface area (Å²) in [7, 11) is 0. The van der Waals surface area contributed by atoms with Gasteiger partial charge in [-0.1, -0.05) is 18.2 Å². The summed E-state index contributed by atoms with van der Waals surface area (Å²) in [6, 6.07) is 5.42. The highest BCUT2D eigenvalue weighted by Crippen LogP contribution is 2.27. The summed E-state index contributed by atoms with van der Waals surface area (Å²) in [4.78, 5) is 25.8. The highest BCUT2D eigenvalue weighted by atomic mass is 16.5. The average Bonchev–Trinajstić information content (AvgIpc) is 2.96. The van der Waals surface area contributed by atoms with E-state index in [-0.39, 0.29) is 0 Å². The molecule has 0 aromatic heterocycles. The van der Waals surface area contributed by atoms with E-state index in [1.165, 1.54) is 18.9 Å². The van der Waals surface area contributed by atoms with Gasteiger partial charge in [0, 0.05) is 6.54 Å². The number of nitrogens with zero attached hydrogens (tertiary/aromatic N) is 1. The van der Waals surface area contributed by atoms with Crippen molar-refractivity contribution >= 4 is 17.6 Å². The smallest absolute Gasteiger partial charge is 0.237 e. The van der Waals surface area contributed by atoms with E-state index in [1.807, 2.05) is 12.1 Å². The maximum Gasteiger partial charge on any atom is 0.237 e. The molecule has 104 valence electrons. The van der Waals surface area contributed by atoms with E-state index in [9.17, 15) is 9.59 Å². The van der Waals surface area contributed by atoms with Crippen molar-refractivity contribution in [3.8, 4) is 5.75 Å². The summed E-state index contributed by atoms with van der Waals surface area (Å²) < 4.78 is 5.74. The van der Waals surface area contributed by atoms with Crippen LogP contribution in [0.15, 0.2) is 24.3 Å². The maximum atomic E-state index is 12.0. The van der Waals surface area contributed by atoms with Crippen molar-refractivity contribution in [3.05, 3.63) is 35.4 Å². The fourth-order valence-corrected chi connectivity index (χ4v) is 2.71. The second kappa shape index (κ2) is 5.59. The maximum absolute atomic E-state index is 12.0. The van der Waals surface area contributed by atoms with Crippen LogP contribution in [0, 0.1) is 0 Å². The molecule has 1 aliphatic carbocycles. The second-order valence-corrected chi connectivity index (χ2v) is 5.14. The van der Waals surface area contributed by atoms with Crippen molar-refractivity contribution in [1.29, 1.82) is 0 Å². The van der Waals surface area contributed by atoms with Crippen LogP contribution >= 0.6 is 0 Å². The van der Waals surface area contributed by atoms with E-state index in [1.54, 1.807) is 12.1 Å². The molecule has 1 saturated heterocycles. The Balaban J connectivity index is 1.72. The van der Waals surface area contributed by atoms with Gasteiger partial charge in [-0.2, -0.15) is 0 Å². The van der Waals surface area contributed by atoms with Crippen molar-refractivity contribution < 1.29 is 14.3 Å². The number of ketones is 2. The molecule has 3 rings (SSSR count). The Morgan fingerprint density at radius 1 is 1.10 bits per heavy atom. The Morgan fingerprint density at radius 2 is 1.90 bits per heavy atom. The molecule has 1 fully saturated rings. The van der Waals surface area contributed by atoms with Gasteiger partial charge in [0.25, 0.3) is 0 Å². The first-order valence-electron chi connectivity index (χ1n) is 7.00. The Labute approximate surface area is 118 Å². The monoisotopic (exact) mass is 271 g/mol. The van der Waals surface area contributed by atoms with E-state index >= 15 is 0 Å². The highest BCUT2D eigenvalue weighted by Gasteiger charge is 2.24. The molecule has 0 unspecified atom stereocenters. The minimum Gasteiger partial charge on any atom is -0.491 e. The number of fused-ring (bicyclic) bond motifs is 1. The standard InChI is InChI=1S/C16H17NO3/c18-13-7-6-12-4-3-5-14(15(12)16(13)19)20-11-10-17-8-1-2-9-17/h3-7H,1-2,8-11H2. The molecule has 4 nitrogen and oxygen atoms in total. The molecular weight excluding hydrogens is 254 g/mol. The Bertz CT molecular complexity index is 571. The Morgan fingerprint density at radius 3 is 2.70 bits per heavy atom. The zero-order valence-electron chi connectivity index (χ0n) is 11.3. The quantitative estimate of drug-likeness (QED) is 0.785. The summed E-state index contributed by atoms with van der Waals surface area (Å²) in [5.74, 6) is -0.434. The number of likely N-dealkylation sites (tertiary alicyclic amines) is 1. The van der Waals surface area contributed by atoms with Gasteiger partial charge in [0.1, 0.15) is 12.4 Å². The minimum atomic E-state index is -0.479. The molecule has 0 spiro atoms. The van der Waals surface area contributed by atoms with Crippen LogP contribution in [-0.4, -0.2) is 42.7 Å². The van der Waals surface area contributed by atoms with Gasteiger partial charge in [0.15, 0.2) is 0 Å². The molecule has 1 aliphatic heterocycles. The number of ether oxygens (including phenoxy) is 1. The Hall–Kier alpha value is -1.94. The number of allylic oxidation sites excluding steroid dienone is 1. The number of Topliss-reactive ketones (excluding diaryl/α,β-unsaturated/α-hetero) is 1. The van der Waals surface area contributed by atoms with Crippen LogP contribution in [-0.2, 0) is 4.79 Å². The third kappa shape index (κ3) is 2.51. The molecule has 1 aromatic carbocycles. The van der Waals surface area contributed by atoms with Crippen LogP contribution in [0.25, 0.3) is 6.08 Å². The second-order valence-electron chi connectivity index (χ2n) is 5.14. The summed E-state index contributed by atoms with van der Waals surface area (Å²) in [5.41, 5.74) is 1.16. The first-order valence-corrected chi connectivity index (χ1v) is 7.00. The van der Waals surface area contributed by atoms with Crippen LogP contribution < -0.4 is 4.74 Å². The molecule has 4 heteroatoms. The van der Waals surface area contributed by atoms with Gasteiger partial charge < -0.3 is 4.74 Å². The molecule has 1 aromatic rings. The minimum absolute atomic E-state index is 0.404. The predicted octanol–water partition coefficient (Wildman–Crippen LogP) is 1.94. The summed E-state index contributed by atoms with van der Waals surface area (Å²) in [6.07, 6.45) is 5.49. The first kappa shape index (κ1) is 13.1. The lowest BCUT2D eigenvalue weighted by molar-refractivity contribution is -0.110. The molecule has 0 amide bonds. The lowest BCUT2D eigenvalue weighted by atomic mass is 9.94. The molecule has 0 saturated carbocycles. The molecule has 2 aliphatic rings. The summed E-state index contributed by atoms with van der Waals surface area (Å²) in [6.45, 7) is 3.65. The number of hydrogen-bond acceptors (Lipinski definition) is 4. The molecule has 20 heavy (non-hydrogen) atoms. The normalized spacial score (nSPS) is 18.4. The predicted molar refractivity (Wildman–Crippen MR) is 76.0 cm³/mol. The van der Waals surface area contributed by atoms with Gasteiger partial charge in [0.05, 0.1) is 5.56 Å². The van der Waals surface area contributed by atoms with E-state index in [4.69, 9.17) is 4.74 Å². The zero-order chi connectivity index (χ0) is 13.9. The van der Waals surface area contributed by atoms with Gasteiger partial charge in [-0.05, 0) is 43.6 Å². The lowest BCUT2D eigenvalue weighted by Gasteiger charge is -2.17. The third-order valence-corrected chi connectivity index (χ3v) is 3.79. The zero-order valence-corrected chi connectivity index (χ0v) is 11.3. The average molecular weight is 271 g/mol. The molecule has 0 radical (unpaired) electrons. The fourth-order valence-electron chi connectivity index (χ4n) is 2.71. The number of hydrogen-bond donors (Lipinski definition) is 0. The van der Waals surface area contributed by atoms with Gasteiger partial charge in [0.2, 0.25) is 11.6 Å². The molecular formula is C16H17NO3. The largest absolute Gasteiger partial charge is 0.491 e. The van der Waals surface area contributed by atoms with Gasteiger partial charge in [-0.25, -0.2) is 0 Å². The number of carbonyl (C=O) groups is 2. The van der Waals surface area contributed by atoms with E-state index < -0.39 is 11.6 Å². The van der Waals surface area contributed by atoms with Crippen LogP contribution in [0.1, 0.15) is 28.8 Å². The first-order chi connectivity index (χ1) is 9.75. The van der Waals surface area contributed by atoms with Crippen molar-refractivity contribution in [3.63, 3.8) is 0 Å². The number of benzene rings is 1. The lowest BCUT2D eigenvalue weighted by Crippen LogP contribution is -2.26. The third-order valence-electron chi connectivity index (χ3n) is 3.79. The molecule has 1 heterocycles.